The third-order valence-electron chi connectivity index (χ3n) is 4.58. The van der Waals surface area contributed by atoms with Crippen LogP contribution in [0.5, 0.6) is 0 Å². The summed E-state index contributed by atoms with van der Waals surface area (Å²) in [5.74, 6) is -5.43. The van der Waals surface area contributed by atoms with Gasteiger partial charge in [-0.25, -0.2) is 21.6 Å². The fraction of sp³-hybridized carbons (Fsp3) is 0.316. The van der Waals surface area contributed by atoms with Crippen LogP contribution in [0.4, 0.5) is 18.9 Å². The number of carbonyl (C=O) groups is 1. The Labute approximate surface area is 161 Å². The summed E-state index contributed by atoms with van der Waals surface area (Å²) < 4.78 is 67.2. The molecule has 3 rings (SSSR count). The van der Waals surface area contributed by atoms with Gasteiger partial charge in [-0.15, -0.1) is 0 Å². The highest BCUT2D eigenvalue weighted by molar-refractivity contribution is 7.89. The fourth-order valence-corrected chi connectivity index (χ4v) is 4.61. The van der Waals surface area contributed by atoms with E-state index in [0.717, 1.165) is 31.7 Å². The second-order valence-electron chi connectivity index (χ2n) is 6.52. The van der Waals surface area contributed by atoms with Crippen molar-refractivity contribution >= 4 is 21.6 Å². The second kappa shape index (κ2) is 8.32. The number of hydrogen-bond acceptors (Lipinski definition) is 3. The highest BCUT2D eigenvalue weighted by Gasteiger charge is 2.26. The molecular weight excluding hydrogens is 393 g/mol. The summed E-state index contributed by atoms with van der Waals surface area (Å²) in [7, 11) is -3.77. The number of anilines is 1. The van der Waals surface area contributed by atoms with Crippen LogP contribution in [0, 0.1) is 17.5 Å². The van der Waals surface area contributed by atoms with Gasteiger partial charge in [0, 0.05) is 18.7 Å². The third-order valence-corrected chi connectivity index (χ3v) is 6.48. The van der Waals surface area contributed by atoms with Gasteiger partial charge in [-0.05, 0) is 43.2 Å². The van der Waals surface area contributed by atoms with Crippen molar-refractivity contribution in [2.75, 3.05) is 18.4 Å². The molecule has 1 N–H and O–H groups in total. The van der Waals surface area contributed by atoms with Gasteiger partial charge >= 0.3 is 0 Å². The Bertz CT molecular complexity index is 988. The summed E-state index contributed by atoms with van der Waals surface area (Å²) in [6.07, 6.45) is 3.48. The van der Waals surface area contributed by atoms with Crippen molar-refractivity contribution < 1.29 is 26.4 Å². The molecule has 0 spiro atoms. The standard InChI is InChI=1S/C19H19F3N2O3S/c20-15-8-9-16(18(22)17(15)21)23-19(25)13-6-5-7-14(12-13)28(26,27)24-10-3-1-2-4-11-24/h5-9,12H,1-4,10-11H2,(H,23,25). The number of halogens is 3. The molecule has 28 heavy (non-hydrogen) atoms. The topological polar surface area (TPSA) is 66.5 Å². The van der Waals surface area contributed by atoms with Gasteiger partial charge < -0.3 is 5.32 Å². The van der Waals surface area contributed by atoms with Crippen LogP contribution < -0.4 is 5.32 Å². The zero-order valence-corrected chi connectivity index (χ0v) is 15.7. The summed E-state index contributed by atoms with van der Waals surface area (Å²) in [6, 6.07) is 6.91. The van der Waals surface area contributed by atoms with Gasteiger partial charge in [-0.3, -0.25) is 4.79 Å². The minimum Gasteiger partial charge on any atom is -0.319 e. The first kappa shape index (κ1) is 20.3. The molecule has 0 atom stereocenters. The maximum absolute atomic E-state index is 13.8. The molecule has 0 bridgehead atoms. The van der Waals surface area contributed by atoms with Crippen molar-refractivity contribution in [3.8, 4) is 0 Å². The van der Waals surface area contributed by atoms with E-state index in [-0.39, 0.29) is 10.5 Å². The summed E-state index contributed by atoms with van der Waals surface area (Å²) in [6.45, 7) is 0.831. The number of sulfonamides is 1. The molecule has 0 radical (unpaired) electrons. The molecule has 1 aliphatic rings. The first-order chi connectivity index (χ1) is 13.3. The number of nitrogens with one attached hydrogen (secondary N) is 1. The number of rotatable bonds is 4. The second-order valence-corrected chi connectivity index (χ2v) is 8.46. The molecule has 0 saturated carbocycles. The van der Waals surface area contributed by atoms with Crippen molar-refractivity contribution in [3.05, 3.63) is 59.4 Å². The minimum absolute atomic E-state index is 0.0416. The Morgan fingerprint density at radius 1 is 0.929 bits per heavy atom. The van der Waals surface area contributed by atoms with Crippen molar-refractivity contribution in [3.63, 3.8) is 0 Å². The summed E-state index contributed by atoms with van der Waals surface area (Å²) in [5, 5.41) is 2.13. The van der Waals surface area contributed by atoms with Gasteiger partial charge in [0.25, 0.3) is 5.91 Å². The normalized spacial score (nSPS) is 15.8. The lowest BCUT2D eigenvalue weighted by molar-refractivity contribution is 0.102. The molecule has 5 nitrogen and oxygen atoms in total. The van der Waals surface area contributed by atoms with Crippen molar-refractivity contribution in [2.24, 2.45) is 0 Å². The highest BCUT2D eigenvalue weighted by Crippen LogP contribution is 2.23. The van der Waals surface area contributed by atoms with E-state index in [0.29, 0.717) is 19.2 Å². The Hall–Kier alpha value is -2.39. The van der Waals surface area contributed by atoms with E-state index in [2.05, 4.69) is 5.32 Å². The molecule has 1 amide bonds. The Morgan fingerprint density at radius 2 is 1.61 bits per heavy atom. The minimum atomic E-state index is -3.77. The van der Waals surface area contributed by atoms with Gasteiger partial charge in [0.15, 0.2) is 17.5 Å². The van der Waals surface area contributed by atoms with Gasteiger partial charge in [-0.1, -0.05) is 18.9 Å². The van der Waals surface area contributed by atoms with E-state index in [9.17, 15) is 26.4 Å². The number of amides is 1. The van der Waals surface area contributed by atoms with Crippen molar-refractivity contribution in [1.29, 1.82) is 0 Å². The van der Waals surface area contributed by atoms with E-state index in [1.165, 1.54) is 28.6 Å². The molecule has 2 aromatic carbocycles. The molecule has 9 heteroatoms. The predicted molar refractivity (Wildman–Crippen MR) is 97.9 cm³/mol. The molecule has 0 aromatic heterocycles. The Morgan fingerprint density at radius 3 is 2.29 bits per heavy atom. The van der Waals surface area contributed by atoms with E-state index in [4.69, 9.17) is 0 Å². The molecule has 1 aliphatic heterocycles. The van der Waals surface area contributed by atoms with Crippen LogP contribution in [-0.2, 0) is 10.0 Å². The fourth-order valence-electron chi connectivity index (χ4n) is 3.05. The van der Waals surface area contributed by atoms with E-state index < -0.39 is 39.1 Å². The largest absolute Gasteiger partial charge is 0.319 e. The maximum Gasteiger partial charge on any atom is 0.255 e. The quantitative estimate of drug-likeness (QED) is 0.774. The summed E-state index contributed by atoms with van der Waals surface area (Å²) in [5.41, 5.74) is -0.579. The van der Waals surface area contributed by atoms with Gasteiger partial charge in [0.2, 0.25) is 10.0 Å². The van der Waals surface area contributed by atoms with Crippen LogP contribution in [0.25, 0.3) is 0 Å². The van der Waals surface area contributed by atoms with Crippen LogP contribution in [0.3, 0.4) is 0 Å². The van der Waals surface area contributed by atoms with E-state index in [1.54, 1.807) is 0 Å². The first-order valence-electron chi connectivity index (χ1n) is 8.86. The monoisotopic (exact) mass is 412 g/mol. The molecule has 0 aliphatic carbocycles. The molecule has 150 valence electrons. The predicted octanol–water partition coefficient (Wildman–Crippen LogP) is 3.92. The molecule has 2 aromatic rings. The number of carbonyl (C=O) groups excluding carboxylic acids is 1. The molecule has 0 unspecified atom stereocenters. The molecule has 1 heterocycles. The smallest absolute Gasteiger partial charge is 0.255 e. The molecule has 1 fully saturated rings. The number of hydrogen-bond donors (Lipinski definition) is 1. The lowest BCUT2D eigenvalue weighted by Crippen LogP contribution is -2.32. The van der Waals surface area contributed by atoms with Crippen molar-refractivity contribution in [1.82, 2.24) is 4.31 Å². The zero-order chi connectivity index (χ0) is 20.3. The van der Waals surface area contributed by atoms with Gasteiger partial charge in [-0.2, -0.15) is 4.31 Å². The summed E-state index contributed by atoms with van der Waals surface area (Å²) in [4.78, 5) is 12.3. The lowest BCUT2D eigenvalue weighted by Gasteiger charge is -2.20. The van der Waals surface area contributed by atoms with E-state index >= 15 is 0 Å². The van der Waals surface area contributed by atoms with Crippen LogP contribution in [-0.4, -0.2) is 31.7 Å². The number of nitrogens with zero attached hydrogens (tertiary/aromatic N) is 1. The Balaban J connectivity index is 1.84. The maximum atomic E-state index is 13.8. The van der Waals surface area contributed by atoms with E-state index in [1.807, 2.05) is 0 Å². The average Bonchev–Trinajstić information content (AvgIpc) is 2.98. The van der Waals surface area contributed by atoms with Crippen LogP contribution in [0.15, 0.2) is 41.3 Å². The van der Waals surface area contributed by atoms with Crippen LogP contribution >= 0.6 is 0 Å². The SMILES string of the molecule is O=C(Nc1ccc(F)c(F)c1F)c1cccc(S(=O)(=O)N2CCCCCC2)c1. The zero-order valence-electron chi connectivity index (χ0n) is 14.9. The number of benzene rings is 2. The average molecular weight is 412 g/mol. The van der Waals surface area contributed by atoms with Crippen LogP contribution in [0.2, 0.25) is 0 Å². The lowest BCUT2D eigenvalue weighted by atomic mass is 10.2. The highest BCUT2D eigenvalue weighted by atomic mass is 32.2. The summed E-state index contributed by atoms with van der Waals surface area (Å²) >= 11 is 0. The third kappa shape index (κ3) is 4.20. The molecule has 1 saturated heterocycles. The van der Waals surface area contributed by atoms with Crippen LogP contribution in [0.1, 0.15) is 36.0 Å². The Kier molecular flexibility index (Phi) is 6.04. The van der Waals surface area contributed by atoms with Gasteiger partial charge in [0.05, 0.1) is 10.6 Å². The van der Waals surface area contributed by atoms with Gasteiger partial charge in [0.1, 0.15) is 0 Å². The van der Waals surface area contributed by atoms with Crippen molar-refractivity contribution in [2.45, 2.75) is 30.6 Å². The first-order valence-corrected chi connectivity index (χ1v) is 10.3. The molecular formula is C19H19F3N2O3S.